The maximum Gasteiger partial charge on any atom is 0.162 e. The Labute approximate surface area is 170 Å². The molecular formula is C25H36O3. The number of fused-ring (bicyclic) bond motifs is 2. The van der Waals surface area contributed by atoms with Crippen LogP contribution in [0.5, 0.6) is 0 Å². The minimum atomic E-state index is -0.196. The maximum atomic E-state index is 11.5. The van der Waals surface area contributed by atoms with E-state index in [-0.39, 0.29) is 22.2 Å². The Balaban J connectivity index is 0.000000176. The second-order valence-electron chi connectivity index (χ2n) is 10.8. The molecule has 0 heterocycles. The van der Waals surface area contributed by atoms with E-state index in [1.807, 2.05) is 12.2 Å². The molecule has 154 valence electrons. The Hall–Kier alpha value is -1.51. The summed E-state index contributed by atoms with van der Waals surface area (Å²) in [5.41, 5.74) is 2.33. The summed E-state index contributed by atoms with van der Waals surface area (Å²) in [6.45, 7) is 13.2. The average molecular weight is 385 g/mol. The zero-order chi connectivity index (χ0) is 20.9. The van der Waals surface area contributed by atoms with E-state index in [0.29, 0.717) is 29.1 Å². The third kappa shape index (κ3) is 3.06. The lowest BCUT2D eigenvalue weighted by Gasteiger charge is -2.55. The summed E-state index contributed by atoms with van der Waals surface area (Å²) in [4.78, 5) is 34.0. The SMILES string of the molecule is CC1(C)CCC[C@]2(C)[C@@H](C=O)C(C=O)=CC[C@@H]12.CC1=CC(=O)[C@@]2(C(C)C)C[C@@H]12. The first kappa shape index (κ1) is 21.2. The fraction of sp³-hybridized carbons (Fsp3) is 0.720. The van der Waals surface area contributed by atoms with Crippen LogP contribution < -0.4 is 0 Å². The molecule has 4 rings (SSSR count). The molecule has 3 nitrogen and oxygen atoms in total. The normalized spacial score (nSPS) is 40.4. The van der Waals surface area contributed by atoms with Crippen molar-refractivity contribution in [1.29, 1.82) is 0 Å². The summed E-state index contributed by atoms with van der Waals surface area (Å²) in [6, 6.07) is 0. The number of carbonyl (C=O) groups is 3. The highest BCUT2D eigenvalue weighted by molar-refractivity contribution is 6.02. The lowest BCUT2D eigenvalue weighted by Crippen LogP contribution is -2.49. The van der Waals surface area contributed by atoms with Gasteiger partial charge in [-0.3, -0.25) is 9.59 Å². The predicted octanol–water partition coefficient (Wildman–Crippen LogP) is 5.34. The van der Waals surface area contributed by atoms with Crippen molar-refractivity contribution in [2.45, 2.75) is 73.6 Å². The van der Waals surface area contributed by atoms with E-state index in [1.54, 1.807) is 0 Å². The Bertz CT molecular complexity index is 741. The largest absolute Gasteiger partial charge is 0.303 e. The second-order valence-corrected chi connectivity index (χ2v) is 10.8. The molecule has 0 radical (unpaired) electrons. The van der Waals surface area contributed by atoms with Crippen LogP contribution in [0.2, 0.25) is 0 Å². The van der Waals surface area contributed by atoms with E-state index in [1.165, 1.54) is 12.0 Å². The fourth-order valence-corrected chi connectivity index (χ4v) is 6.73. The number of carbonyl (C=O) groups excluding carboxylic acids is 3. The minimum absolute atomic E-state index is 0.0194. The molecule has 0 aromatic rings. The van der Waals surface area contributed by atoms with Crippen molar-refractivity contribution >= 4 is 18.4 Å². The molecular weight excluding hydrogens is 348 g/mol. The smallest absolute Gasteiger partial charge is 0.162 e. The van der Waals surface area contributed by atoms with Crippen molar-refractivity contribution in [3.05, 3.63) is 23.3 Å². The first-order chi connectivity index (χ1) is 13.0. The molecule has 0 spiro atoms. The van der Waals surface area contributed by atoms with E-state index in [9.17, 15) is 14.4 Å². The van der Waals surface area contributed by atoms with E-state index < -0.39 is 0 Å². The van der Waals surface area contributed by atoms with Crippen molar-refractivity contribution in [3.63, 3.8) is 0 Å². The summed E-state index contributed by atoms with van der Waals surface area (Å²) in [7, 11) is 0. The average Bonchev–Trinajstić information content (AvgIpc) is 3.32. The summed E-state index contributed by atoms with van der Waals surface area (Å²) in [6.07, 6.45) is 11.2. The molecule has 0 aromatic heterocycles. The molecule has 4 aliphatic rings. The van der Waals surface area contributed by atoms with Crippen LogP contribution >= 0.6 is 0 Å². The summed E-state index contributed by atoms with van der Waals surface area (Å²) < 4.78 is 0. The lowest BCUT2D eigenvalue weighted by molar-refractivity contribution is -0.122. The van der Waals surface area contributed by atoms with Crippen molar-refractivity contribution in [3.8, 4) is 0 Å². The zero-order valence-corrected chi connectivity index (χ0v) is 18.4. The number of hydrogen-bond donors (Lipinski definition) is 0. The quantitative estimate of drug-likeness (QED) is 0.617. The monoisotopic (exact) mass is 384 g/mol. The first-order valence-electron chi connectivity index (χ1n) is 10.9. The van der Waals surface area contributed by atoms with Gasteiger partial charge in [0.25, 0.3) is 0 Å². The summed E-state index contributed by atoms with van der Waals surface area (Å²) in [5.74, 6) is 1.83. The highest BCUT2D eigenvalue weighted by atomic mass is 16.1. The van der Waals surface area contributed by atoms with Gasteiger partial charge in [-0.15, -0.1) is 0 Å². The van der Waals surface area contributed by atoms with Gasteiger partial charge in [-0.25, -0.2) is 0 Å². The van der Waals surface area contributed by atoms with Crippen LogP contribution in [0.1, 0.15) is 73.6 Å². The van der Waals surface area contributed by atoms with Crippen LogP contribution in [0, 0.1) is 39.9 Å². The highest BCUT2D eigenvalue weighted by Gasteiger charge is 2.64. The molecule has 0 amide bonds. The summed E-state index contributed by atoms with van der Waals surface area (Å²) >= 11 is 0. The number of rotatable bonds is 3. The van der Waals surface area contributed by atoms with Crippen LogP contribution in [0.3, 0.4) is 0 Å². The molecule has 0 aromatic carbocycles. The molecule has 0 unspecified atom stereocenters. The highest BCUT2D eigenvalue weighted by Crippen LogP contribution is 2.65. The van der Waals surface area contributed by atoms with Gasteiger partial charge in [-0.2, -0.15) is 0 Å². The number of allylic oxidation sites excluding steroid dienone is 4. The number of ketones is 1. The molecule has 2 saturated carbocycles. The predicted molar refractivity (Wildman–Crippen MR) is 112 cm³/mol. The van der Waals surface area contributed by atoms with Gasteiger partial charge in [0.2, 0.25) is 0 Å². The Morgan fingerprint density at radius 2 is 1.82 bits per heavy atom. The van der Waals surface area contributed by atoms with Crippen molar-refractivity contribution < 1.29 is 14.4 Å². The van der Waals surface area contributed by atoms with E-state index >= 15 is 0 Å². The van der Waals surface area contributed by atoms with Crippen LogP contribution in [0.25, 0.3) is 0 Å². The minimum Gasteiger partial charge on any atom is -0.303 e. The third-order valence-electron chi connectivity index (χ3n) is 8.61. The van der Waals surface area contributed by atoms with E-state index in [0.717, 1.165) is 38.3 Å². The first-order valence-corrected chi connectivity index (χ1v) is 10.9. The van der Waals surface area contributed by atoms with Gasteiger partial charge >= 0.3 is 0 Å². The van der Waals surface area contributed by atoms with Gasteiger partial charge in [0.05, 0.1) is 0 Å². The van der Waals surface area contributed by atoms with Crippen LogP contribution in [-0.2, 0) is 14.4 Å². The van der Waals surface area contributed by atoms with Crippen molar-refractivity contribution in [2.75, 3.05) is 0 Å². The van der Waals surface area contributed by atoms with E-state index in [4.69, 9.17) is 0 Å². The maximum absolute atomic E-state index is 11.5. The number of hydrogen-bond acceptors (Lipinski definition) is 3. The number of aldehydes is 2. The van der Waals surface area contributed by atoms with Crippen molar-refractivity contribution in [2.24, 2.45) is 39.9 Å². The van der Waals surface area contributed by atoms with Crippen molar-refractivity contribution in [1.82, 2.24) is 0 Å². The molecule has 0 aliphatic heterocycles. The molecule has 5 atom stereocenters. The molecule has 0 N–H and O–H groups in total. The molecule has 4 aliphatic carbocycles. The summed E-state index contributed by atoms with van der Waals surface area (Å²) in [5, 5.41) is 0. The van der Waals surface area contributed by atoms with Gasteiger partial charge in [0, 0.05) is 11.3 Å². The van der Waals surface area contributed by atoms with Gasteiger partial charge in [-0.05, 0) is 72.8 Å². The molecule has 28 heavy (non-hydrogen) atoms. The molecule has 0 saturated heterocycles. The van der Waals surface area contributed by atoms with Gasteiger partial charge in [0.1, 0.15) is 12.6 Å². The Morgan fingerprint density at radius 1 is 1.14 bits per heavy atom. The van der Waals surface area contributed by atoms with Gasteiger partial charge < -0.3 is 4.79 Å². The molecule has 0 bridgehead atoms. The van der Waals surface area contributed by atoms with E-state index in [2.05, 4.69) is 41.5 Å². The van der Waals surface area contributed by atoms with Crippen LogP contribution in [-0.4, -0.2) is 18.4 Å². The van der Waals surface area contributed by atoms with Gasteiger partial charge in [-0.1, -0.05) is 52.7 Å². The second kappa shape index (κ2) is 7.07. The zero-order valence-electron chi connectivity index (χ0n) is 18.4. The van der Waals surface area contributed by atoms with Crippen LogP contribution in [0.4, 0.5) is 0 Å². The van der Waals surface area contributed by atoms with Gasteiger partial charge in [0.15, 0.2) is 5.78 Å². The van der Waals surface area contributed by atoms with Crippen LogP contribution in [0.15, 0.2) is 23.3 Å². The molecule has 2 fully saturated rings. The Kier molecular flexibility index (Phi) is 5.36. The third-order valence-corrected chi connectivity index (χ3v) is 8.61. The molecule has 3 heteroatoms. The fourth-order valence-electron chi connectivity index (χ4n) is 6.73. The Morgan fingerprint density at radius 3 is 2.25 bits per heavy atom. The topological polar surface area (TPSA) is 51.2 Å². The standard InChI is InChI=1S/C15H22O2.C10H14O/c1-14(2)7-4-8-15(3)12(10-17)11(9-16)5-6-13(14)15;1-6(2)10-5-8(10)7(3)4-9(10)11/h5,9-10,12-13H,4,6-8H2,1-3H3;4,6,8H,5H2,1-3H3/t12-,13-,15+;8-,10+/m00/s1. The lowest BCUT2D eigenvalue weighted by atomic mass is 9.49.